The largest absolute Gasteiger partial charge is 0.349 e. The van der Waals surface area contributed by atoms with Crippen LogP contribution in [0.1, 0.15) is 40.6 Å². The number of pyridine rings is 1. The summed E-state index contributed by atoms with van der Waals surface area (Å²) < 4.78 is 31.1. The van der Waals surface area contributed by atoms with Gasteiger partial charge in [0.2, 0.25) is 15.9 Å². The summed E-state index contributed by atoms with van der Waals surface area (Å²) in [5.41, 5.74) is 0.773. The van der Waals surface area contributed by atoms with Crippen molar-refractivity contribution in [2.24, 2.45) is 5.92 Å². The average molecular weight is 405 g/mol. The summed E-state index contributed by atoms with van der Waals surface area (Å²) in [6, 6.07) is 3.44. The summed E-state index contributed by atoms with van der Waals surface area (Å²) in [5.74, 6) is 0.784. The number of rotatable bonds is 4. The van der Waals surface area contributed by atoms with Crippen LogP contribution in [0.4, 0.5) is 0 Å². The van der Waals surface area contributed by atoms with E-state index in [2.05, 4.69) is 20.4 Å². The highest BCUT2D eigenvalue weighted by atomic mass is 32.2. The van der Waals surface area contributed by atoms with E-state index in [9.17, 15) is 13.2 Å². The van der Waals surface area contributed by atoms with Gasteiger partial charge in [0.1, 0.15) is 0 Å². The van der Waals surface area contributed by atoms with Crippen LogP contribution in [0, 0.1) is 19.8 Å². The second-order valence-electron chi connectivity index (χ2n) is 7.85. The zero-order valence-electron chi connectivity index (χ0n) is 16.0. The number of nitrogens with one attached hydrogen (secondary N) is 1. The van der Waals surface area contributed by atoms with E-state index in [1.165, 1.54) is 10.6 Å². The highest BCUT2D eigenvalue weighted by Gasteiger charge is 2.58. The maximum absolute atomic E-state index is 12.6. The Hall–Kier alpha value is -2.33. The van der Waals surface area contributed by atoms with Crippen LogP contribution in [-0.4, -0.2) is 59.1 Å². The van der Waals surface area contributed by atoms with E-state index in [1.807, 2.05) is 6.92 Å². The number of nitrogens with zero attached hydrogens (tertiary/aromatic N) is 4. The molecule has 0 unspecified atom stereocenters. The third kappa shape index (κ3) is 3.30. The summed E-state index contributed by atoms with van der Waals surface area (Å²) in [6.07, 6.45) is 3.97. The first-order valence-corrected chi connectivity index (χ1v) is 11.0. The minimum absolute atomic E-state index is 0.00326. The van der Waals surface area contributed by atoms with Crippen LogP contribution in [0.2, 0.25) is 0 Å². The third-order valence-corrected chi connectivity index (χ3v) is 6.99. The van der Waals surface area contributed by atoms with E-state index in [1.54, 1.807) is 25.3 Å². The second kappa shape index (κ2) is 6.63. The standard InChI is InChI=1S/C18H23N5O4S/c1-11-4-5-13(8-19-11)16(24)21-15-6-14-9-23(28(3,25)26)10-18(14,7-15)17-20-12(2)22-27-17/h4-5,8,14-15H,6-7,9-10H2,1-3H3,(H,21,24)/t14-,15+,18-/m0/s1. The van der Waals surface area contributed by atoms with E-state index >= 15 is 0 Å². The highest BCUT2D eigenvalue weighted by Crippen LogP contribution is 2.50. The van der Waals surface area contributed by atoms with Gasteiger partial charge in [-0.25, -0.2) is 12.7 Å². The number of carbonyl (C=O) groups excluding carboxylic acids is 1. The zero-order valence-corrected chi connectivity index (χ0v) is 16.9. The maximum atomic E-state index is 12.6. The molecular weight excluding hydrogens is 382 g/mol. The Labute approximate surface area is 163 Å². The Kier molecular flexibility index (Phi) is 4.50. The molecule has 3 heterocycles. The van der Waals surface area contributed by atoms with Crippen LogP contribution in [0.15, 0.2) is 22.9 Å². The molecule has 1 N–H and O–H groups in total. The monoisotopic (exact) mass is 405 g/mol. The molecule has 1 aliphatic heterocycles. The summed E-state index contributed by atoms with van der Waals surface area (Å²) in [6.45, 7) is 4.28. The molecule has 150 valence electrons. The van der Waals surface area contributed by atoms with Crippen molar-refractivity contribution in [3.8, 4) is 0 Å². The Morgan fingerprint density at radius 1 is 1.36 bits per heavy atom. The van der Waals surface area contributed by atoms with E-state index in [0.717, 1.165) is 5.69 Å². The summed E-state index contributed by atoms with van der Waals surface area (Å²) in [7, 11) is -3.32. The lowest BCUT2D eigenvalue weighted by Gasteiger charge is -2.24. The number of sulfonamides is 1. The molecule has 0 aromatic carbocycles. The van der Waals surface area contributed by atoms with Gasteiger partial charge in [-0.3, -0.25) is 9.78 Å². The number of hydrogen-bond acceptors (Lipinski definition) is 7. The fourth-order valence-electron chi connectivity index (χ4n) is 4.39. The molecule has 1 saturated heterocycles. The van der Waals surface area contributed by atoms with Crippen molar-refractivity contribution in [3.63, 3.8) is 0 Å². The van der Waals surface area contributed by atoms with Gasteiger partial charge >= 0.3 is 0 Å². The molecule has 2 aromatic heterocycles. The number of amides is 1. The van der Waals surface area contributed by atoms with Gasteiger partial charge in [-0.15, -0.1) is 0 Å². The third-order valence-electron chi connectivity index (χ3n) is 5.77. The SMILES string of the molecule is Cc1ccc(C(=O)N[C@@H]2C[C@H]3CN(S(C)(=O)=O)C[C@@]3(c3nc(C)no3)C2)cn1. The lowest BCUT2D eigenvalue weighted by atomic mass is 9.80. The molecular formula is C18H23N5O4S. The van der Waals surface area contributed by atoms with E-state index in [4.69, 9.17) is 4.52 Å². The molecule has 0 radical (unpaired) electrons. The molecule has 2 aliphatic rings. The topological polar surface area (TPSA) is 118 Å². The minimum atomic E-state index is -3.32. The molecule has 1 aliphatic carbocycles. The van der Waals surface area contributed by atoms with Crippen LogP contribution in [-0.2, 0) is 15.4 Å². The van der Waals surface area contributed by atoms with Crippen LogP contribution >= 0.6 is 0 Å². The molecule has 1 saturated carbocycles. The van der Waals surface area contributed by atoms with Crippen LogP contribution in [0.5, 0.6) is 0 Å². The number of hydrogen-bond donors (Lipinski definition) is 1. The number of fused-ring (bicyclic) bond motifs is 1. The summed E-state index contributed by atoms with van der Waals surface area (Å²) >= 11 is 0. The average Bonchev–Trinajstić information content (AvgIpc) is 3.27. The molecule has 0 bridgehead atoms. The van der Waals surface area contributed by atoms with Crippen molar-refractivity contribution < 1.29 is 17.7 Å². The number of aryl methyl sites for hydroxylation is 2. The first-order chi connectivity index (χ1) is 13.2. The Morgan fingerprint density at radius 2 is 2.14 bits per heavy atom. The lowest BCUT2D eigenvalue weighted by molar-refractivity contribution is 0.0934. The Bertz CT molecular complexity index is 1000. The molecule has 3 atom stereocenters. The van der Waals surface area contributed by atoms with Gasteiger partial charge in [0, 0.05) is 31.0 Å². The molecule has 0 spiro atoms. The summed E-state index contributed by atoms with van der Waals surface area (Å²) in [4.78, 5) is 21.2. The van der Waals surface area contributed by atoms with Gasteiger partial charge in [-0.05, 0) is 44.7 Å². The van der Waals surface area contributed by atoms with Crippen LogP contribution in [0.25, 0.3) is 0 Å². The second-order valence-corrected chi connectivity index (χ2v) is 9.84. The molecule has 2 fully saturated rings. The predicted octanol–water partition coefficient (Wildman–Crippen LogP) is 0.803. The van der Waals surface area contributed by atoms with Gasteiger partial charge < -0.3 is 9.84 Å². The Morgan fingerprint density at radius 3 is 2.75 bits per heavy atom. The highest BCUT2D eigenvalue weighted by molar-refractivity contribution is 7.88. The van der Waals surface area contributed by atoms with E-state index < -0.39 is 15.4 Å². The molecule has 28 heavy (non-hydrogen) atoms. The van der Waals surface area contributed by atoms with Crippen molar-refractivity contribution >= 4 is 15.9 Å². The van der Waals surface area contributed by atoms with Gasteiger partial charge in [-0.2, -0.15) is 4.98 Å². The Balaban J connectivity index is 1.57. The van der Waals surface area contributed by atoms with Gasteiger partial charge in [0.25, 0.3) is 5.91 Å². The van der Waals surface area contributed by atoms with Crippen molar-refractivity contribution in [1.29, 1.82) is 0 Å². The molecule has 2 aromatic rings. The molecule has 10 heteroatoms. The van der Waals surface area contributed by atoms with E-state index in [-0.39, 0.29) is 24.4 Å². The van der Waals surface area contributed by atoms with Gasteiger partial charge in [-0.1, -0.05) is 5.16 Å². The maximum Gasteiger partial charge on any atom is 0.253 e. The first kappa shape index (κ1) is 19.0. The van der Waals surface area contributed by atoms with Gasteiger partial charge in [0.15, 0.2) is 5.82 Å². The quantitative estimate of drug-likeness (QED) is 0.799. The minimum Gasteiger partial charge on any atom is -0.349 e. The smallest absolute Gasteiger partial charge is 0.253 e. The fourth-order valence-corrected chi connectivity index (χ4v) is 5.30. The van der Waals surface area contributed by atoms with Crippen LogP contribution in [0.3, 0.4) is 0 Å². The zero-order chi connectivity index (χ0) is 20.1. The normalized spacial score (nSPS) is 27.7. The number of carbonyl (C=O) groups is 1. The molecule has 1 amide bonds. The van der Waals surface area contributed by atoms with Gasteiger partial charge in [0.05, 0.1) is 17.2 Å². The first-order valence-electron chi connectivity index (χ1n) is 9.17. The fraction of sp³-hybridized carbons (Fsp3) is 0.556. The van der Waals surface area contributed by atoms with Crippen molar-refractivity contribution in [3.05, 3.63) is 41.3 Å². The predicted molar refractivity (Wildman–Crippen MR) is 100 cm³/mol. The molecule has 9 nitrogen and oxygen atoms in total. The van der Waals surface area contributed by atoms with Crippen molar-refractivity contribution in [2.75, 3.05) is 19.3 Å². The van der Waals surface area contributed by atoms with Crippen molar-refractivity contribution in [1.82, 2.24) is 24.7 Å². The number of aromatic nitrogens is 3. The van der Waals surface area contributed by atoms with Crippen molar-refractivity contribution in [2.45, 2.75) is 38.1 Å². The lowest BCUT2D eigenvalue weighted by Crippen LogP contribution is -2.39. The molecule has 4 rings (SSSR count). The van der Waals surface area contributed by atoms with E-state index in [0.29, 0.717) is 36.7 Å². The van der Waals surface area contributed by atoms with Crippen LogP contribution < -0.4 is 5.32 Å². The summed E-state index contributed by atoms with van der Waals surface area (Å²) in [5, 5.41) is 6.96.